The van der Waals surface area contributed by atoms with Gasteiger partial charge in [0.15, 0.2) is 24.8 Å². The molecular weight excluding hydrogens is 741 g/mol. The van der Waals surface area contributed by atoms with Gasteiger partial charge in [0, 0.05) is 48.5 Å². The van der Waals surface area contributed by atoms with Gasteiger partial charge in [-0.2, -0.15) is 9.13 Å². The molecule has 7 aromatic rings. The standard InChI is InChI=1S/C32H26N2.2C7H8O3S/c1-3-23-33(24-4-1)31-19-15-29(16-20-31)13-11-27-7-9-28(10-8-27)12-14-30-17-21-32(22-18-30)34-25-5-2-6-26-34;2*1-6-2-4-7(5-3-6)11(8,9)10/h1-26H;2*2-5H,1H3,(H,8,9,10)/q+2;;/p-2/b13-11+,14-12+;;. The number of benzene rings is 5. The molecule has 0 amide bonds. The Bertz CT molecular complexity index is 2390. The van der Waals surface area contributed by atoms with Gasteiger partial charge < -0.3 is 9.11 Å². The highest BCUT2D eigenvalue weighted by Gasteiger charge is 2.04. The lowest BCUT2D eigenvalue weighted by atomic mass is 10.1. The van der Waals surface area contributed by atoms with Crippen molar-refractivity contribution in [3.63, 3.8) is 0 Å². The third kappa shape index (κ3) is 12.9. The summed E-state index contributed by atoms with van der Waals surface area (Å²) in [6.07, 6.45) is 16.8. The molecule has 0 N–H and O–H groups in total. The largest absolute Gasteiger partial charge is 0.744 e. The van der Waals surface area contributed by atoms with E-state index in [1.165, 1.54) is 46.5 Å². The molecule has 2 aromatic heterocycles. The first-order chi connectivity index (χ1) is 26.8. The summed E-state index contributed by atoms with van der Waals surface area (Å²) in [5, 5.41) is 0. The average Bonchev–Trinajstić information content (AvgIpc) is 3.21. The Kier molecular flexibility index (Phi) is 14.1. The summed E-state index contributed by atoms with van der Waals surface area (Å²) in [7, 11) is -8.54. The Morgan fingerprint density at radius 1 is 0.375 bits per heavy atom. The fourth-order valence-corrected chi connectivity index (χ4v) is 6.11. The van der Waals surface area contributed by atoms with Crippen molar-refractivity contribution in [2.75, 3.05) is 0 Å². The van der Waals surface area contributed by atoms with E-state index >= 15 is 0 Å². The van der Waals surface area contributed by atoms with Crippen molar-refractivity contribution in [1.82, 2.24) is 0 Å². The van der Waals surface area contributed by atoms with Crippen molar-refractivity contribution in [2.45, 2.75) is 23.6 Å². The van der Waals surface area contributed by atoms with Gasteiger partial charge >= 0.3 is 0 Å². The SMILES string of the molecule is C(=C\c1ccc(-[n+]2ccccc2)cc1)/c1ccc(/C=C/c2ccc(-[n+]3ccccc3)cc2)cc1.Cc1ccc(S(=O)(=O)[O-])cc1.Cc1ccc(S(=O)(=O)[O-])cc1. The van der Waals surface area contributed by atoms with Crippen LogP contribution in [0.4, 0.5) is 0 Å². The summed E-state index contributed by atoms with van der Waals surface area (Å²) in [5.74, 6) is 0. The fourth-order valence-electron chi connectivity index (χ4n) is 5.17. The molecule has 0 aliphatic carbocycles. The topological polar surface area (TPSA) is 122 Å². The third-order valence-electron chi connectivity index (χ3n) is 8.31. The lowest BCUT2D eigenvalue weighted by Gasteiger charge is -2.05. The zero-order chi connectivity index (χ0) is 40.0. The van der Waals surface area contributed by atoms with E-state index in [-0.39, 0.29) is 9.79 Å². The van der Waals surface area contributed by atoms with E-state index in [1.807, 2.05) is 50.2 Å². The van der Waals surface area contributed by atoms with Gasteiger partial charge in [0.2, 0.25) is 11.4 Å². The zero-order valence-corrected chi connectivity index (χ0v) is 32.4. The first-order valence-corrected chi connectivity index (χ1v) is 20.3. The molecule has 0 atom stereocenters. The highest BCUT2D eigenvalue weighted by molar-refractivity contribution is 7.86. The van der Waals surface area contributed by atoms with Crippen LogP contribution in [0.1, 0.15) is 33.4 Å². The zero-order valence-electron chi connectivity index (χ0n) is 30.8. The second kappa shape index (κ2) is 19.3. The predicted molar refractivity (Wildman–Crippen MR) is 219 cm³/mol. The maximum Gasteiger partial charge on any atom is 0.210 e. The first-order valence-electron chi connectivity index (χ1n) is 17.5. The van der Waals surface area contributed by atoms with E-state index in [9.17, 15) is 25.9 Å². The van der Waals surface area contributed by atoms with Crippen molar-refractivity contribution in [3.8, 4) is 11.4 Å². The van der Waals surface area contributed by atoms with Crippen LogP contribution in [0.15, 0.2) is 192 Å². The van der Waals surface area contributed by atoms with Crippen molar-refractivity contribution in [2.24, 2.45) is 0 Å². The van der Waals surface area contributed by atoms with Crippen LogP contribution in [0.25, 0.3) is 35.7 Å². The fraction of sp³-hybridized carbons (Fsp3) is 0.0435. The van der Waals surface area contributed by atoms with E-state index in [4.69, 9.17) is 0 Å². The van der Waals surface area contributed by atoms with Crippen LogP contribution in [-0.2, 0) is 20.2 Å². The molecule has 0 bridgehead atoms. The normalized spacial score (nSPS) is 11.4. The van der Waals surface area contributed by atoms with Gasteiger partial charge in [-0.25, -0.2) is 16.8 Å². The Hall–Kier alpha value is -6.30. The Morgan fingerprint density at radius 3 is 0.875 bits per heavy atom. The number of hydrogen-bond donors (Lipinski definition) is 0. The maximum atomic E-state index is 10.4. The van der Waals surface area contributed by atoms with Crippen molar-refractivity contribution in [1.29, 1.82) is 0 Å². The van der Waals surface area contributed by atoms with Crippen LogP contribution in [0.2, 0.25) is 0 Å². The van der Waals surface area contributed by atoms with Crippen LogP contribution in [0.5, 0.6) is 0 Å². The second-order valence-corrected chi connectivity index (χ2v) is 15.4. The lowest BCUT2D eigenvalue weighted by molar-refractivity contribution is -0.596. The quantitative estimate of drug-likeness (QED) is 0.0868. The molecule has 0 unspecified atom stereocenters. The van der Waals surface area contributed by atoms with E-state index < -0.39 is 20.2 Å². The van der Waals surface area contributed by atoms with E-state index in [2.05, 4.69) is 131 Å². The summed E-state index contributed by atoms with van der Waals surface area (Å²) in [6.45, 7) is 3.64. The van der Waals surface area contributed by atoms with Gasteiger partial charge in [-0.15, -0.1) is 0 Å². The van der Waals surface area contributed by atoms with Gasteiger partial charge in [-0.3, -0.25) is 0 Å². The molecule has 0 spiro atoms. The molecule has 5 aromatic carbocycles. The van der Waals surface area contributed by atoms with E-state index in [1.54, 1.807) is 24.3 Å². The number of hydrogen-bond acceptors (Lipinski definition) is 6. The Labute approximate surface area is 329 Å². The summed E-state index contributed by atoms with van der Waals surface area (Å²) in [4.78, 5) is -0.355. The molecule has 7 rings (SSSR count). The predicted octanol–water partition coefficient (Wildman–Crippen LogP) is 8.38. The van der Waals surface area contributed by atoms with Crippen molar-refractivity contribution < 1.29 is 35.1 Å². The van der Waals surface area contributed by atoms with Gasteiger partial charge in [0.1, 0.15) is 20.2 Å². The summed E-state index contributed by atoms with van der Waals surface area (Å²) < 4.78 is 66.5. The molecule has 0 fully saturated rings. The van der Waals surface area contributed by atoms with Crippen LogP contribution >= 0.6 is 0 Å². The van der Waals surface area contributed by atoms with Crippen LogP contribution in [0, 0.1) is 13.8 Å². The average molecular weight is 781 g/mol. The number of pyridine rings is 2. The molecule has 0 radical (unpaired) electrons. The summed E-state index contributed by atoms with van der Waals surface area (Å²) in [6, 6.07) is 49.5. The second-order valence-electron chi connectivity index (χ2n) is 12.6. The molecule has 0 saturated carbocycles. The Morgan fingerprint density at radius 2 is 0.625 bits per heavy atom. The lowest BCUT2D eigenvalue weighted by Crippen LogP contribution is -2.28. The molecule has 8 nitrogen and oxygen atoms in total. The summed E-state index contributed by atoms with van der Waals surface area (Å²) >= 11 is 0. The van der Waals surface area contributed by atoms with Gasteiger partial charge in [-0.1, -0.05) is 96.1 Å². The molecule has 282 valence electrons. The molecule has 0 aliphatic rings. The smallest absolute Gasteiger partial charge is 0.210 e. The highest BCUT2D eigenvalue weighted by Crippen LogP contribution is 2.15. The molecule has 0 aliphatic heterocycles. The number of rotatable bonds is 8. The minimum absolute atomic E-state index is 0.178. The third-order valence-corrected chi connectivity index (χ3v) is 10.0. The van der Waals surface area contributed by atoms with Gasteiger partial charge in [0.25, 0.3) is 0 Å². The van der Waals surface area contributed by atoms with Crippen molar-refractivity contribution >= 4 is 44.5 Å². The number of nitrogens with zero attached hydrogens (tertiary/aromatic N) is 2. The number of aryl methyl sites for hydroxylation is 2. The molecule has 10 heteroatoms. The van der Waals surface area contributed by atoms with Crippen LogP contribution in [-0.4, -0.2) is 25.9 Å². The summed E-state index contributed by atoms with van der Waals surface area (Å²) in [5.41, 5.74) is 8.90. The molecule has 0 saturated heterocycles. The number of aromatic nitrogens is 2. The molecule has 2 heterocycles. The Balaban J connectivity index is 0.000000222. The minimum atomic E-state index is -4.27. The monoisotopic (exact) mass is 780 g/mol. The van der Waals surface area contributed by atoms with Crippen LogP contribution < -0.4 is 9.13 Å². The highest BCUT2D eigenvalue weighted by atomic mass is 32.2. The first kappa shape index (κ1) is 40.9. The minimum Gasteiger partial charge on any atom is -0.744 e. The van der Waals surface area contributed by atoms with Crippen molar-refractivity contribution in [3.05, 3.63) is 216 Å². The van der Waals surface area contributed by atoms with E-state index in [0.29, 0.717) is 0 Å². The van der Waals surface area contributed by atoms with Gasteiger partial charge in [-0.05, 0) is 84.6 Å². The van der Waals surface area contributed by atoms with E-state index in [0.717, 1.165) is 22.5 Å². The maximum absolute atomic E-state index is 10.4. The molecular formula is C46H40N2O6S2. The van der Waals surface area contributed by atoms with Gasteiger partial charge in [0.05, 0.1) is 9.79 Å². The van der Waals surface area contributed by atoms with Crippen LogP contribution in [0.3, 0.4) is 0 Å². The molecule has 56 heavy (non-hydrogen) atoms.